The Labute approximate surface area is 386 Å². The van der Waals surface area contributed by atoms with Gasteiger partial charge in [0.25, 0.3) is 0 Å². The van der Waals surface area contributed by atoms with Crippen LogP contribution in [0, 0.1) is 17.8 Å². The number of carbonyl (C=O) groups is 2. The van der Waals surface area contributed by atoms with Crippen LogP contribution in [-0.4, -0.2) is 188 Å². The third kappa shape index (κ3) is 12.1. The van der Waals surface area contributed by atoms with Crippen molar-refractivity contribution in [3.63, 3.8) is 0 Å². The molecular weight excluding hydrogens is 919 g/mol. The van der Waals surface area contributed by atoms with Crippen LogP contribution >= 0.6 is 43.2 Å². The highest BCUT2D eigenvalue weighted by Crippen LogP contribution is 2.44. The lowest BCUT2D eigenvalue weighted by Gasteiger charge is -2.48. The lowest BCUT2D eigenvalue weighted by molar-refractivity contribution is -0.416. The van der Waals surface area contributed by atoms with Crippen molar-refractivity contribution in [3.8, 4) is 0 Å². The molecule has 4 bridgehead atoms. The normalized spacial score (nSPS) is 34.7. The first kappa shape index (κ1) is 50.9. The molecule has 358 valence electrons. The lowest BCUT2D eigenvalue weighted by Crippen LogP contribution is -2.69. The van der Waals surface area contributed by atoms with E-state index in [0.29, 0.717) is 35.7 Å². The van der Waals surface area contributed by atoms with E-state index in [1.807, 2.05) is 11.0 Å². The minimum Gasteiger partial charge on any atom is -0.478 e. The first-order chi connectivity index (χ1) is 30.8. The number of carbonyl (C=O) groups excluding carboxylic acids is 1. The Balaban J connectivity index is 1.51. The highest BCUT2D eigenvalue weighted by Gasteiger charge is 2.58. The van der Waals surface area contributed by atoms with E-state index in [-0.39, 0.29) is 60.3 Å². The maximum atomic E-state index is 14.5. The fourth-order valence-electron chi connectivity index (χ4n) is 8.18. The number of aliphatic hydroxyl groups is 7. The van der Waals surface area contributed by atoms with Crippen LogP contribution in [0.2, 0.25) is 0 Å². The summed E-state index contributed by atoms with van der Waals surface area (Å²) in [5, 5.41) is 89.8. The molecule has 5 heterocycles. The number of allylic oxidation sites excluding steroid dienone is 1. The number of aliphatic carboxylic acids is 1. The number of likely N-dealkylation sites (N-methyl/N-ethyl adjacent to an activating group) is 1. The number of esters is 1. The van der Waals surface area contributed by atoms with Gasteiger partial charge in [0, 0.05) is 60.2 Å². The molecule has 6 aliphatic rings. The Kier molecular flexibility index (Phi) is 19.0. The van der Waals surface area contributed by atoms with Gasteiger partial charge < -0.3 is 80.5 Å². The standard InChI is InChI=1S/C40H59N5O15S4/c1-42-31(17-49)59-34-38(58-29(16-48)33(50)40(34,54)55)60-37-24-6-3-12-61-62-20-30-27(15-47)45-13-21(32(25(14-45)35(51)52)44-39(41)43-10-4-11-46)8-9-23(24)26(18-56-37)36(53)57-28-7-2-5-22(28)19-63-64-30/h3,6,8-9,14,18,22-24,27-31,33-34,37-38,42,46-50,54-55H,2,4-5,7,10-13,15-17,19-20H2,1H3,(H,51,52)(H3,41,43,44)/b6-3?,9-8+/t22-,23+,24-,27-,28-,29-,30-,31-,33-,34+,37+,38+/m1/s1. The van der Waals surface area contributed by atoms with Crippen LogP contribution < -0.4 is 16.4 Å². The maximum absolute atomic E-state index is 14.5. The minimum atomic E-state index is -3.07. The molecule has 5 aliphatic heterocycles. The van der Waals surface area contributed by atoms with Crippen LogP contribution in [0.15, 0.2) is 64.2 Å². The van der Waals surface area contributed by atoms with E-state index in [0.717, 1.165) is 12.8 Å². The Morgan fingerprint density at radius 2 is 1.92 bits per heavy atom. The number of nitrogens with one attached hydrogen (secondary N) is 2. The van der Waals surface area contributed by atoms with E-state index in [9.17, 15) is 50.4 Å². The van der Waals surface area contributed by atoms with E-state index in [2.05, 4.69) is 15.6 Å². The van der Waals surface area contributed by atoms with Crippen molar-refractivity contribution < 1.29 is 74.1 Å². The van der Waals surface area contributed by atoms with Gasteiger partial charge in [-0.05, 0) is 38.3 Å². The van der Waals surface area contributed by atoms with E-state index in [4.69, 9.17) is 29.4 Å². The van der Waals surface area contributed by atoms with Gasteiger partial charge in [0.05, 0.1) is 54.9 Å². The monoisotopic (exact) mass is 977 g/mol. The average molecular weight is 978 g/mol. The molecule has 0 spiro atoms. The highest BCUT2D eigenvalue weighted by molar-refractivity contribution is 8.78. The van der Waals surface area contributed by atoms with Gasteiger partial charge >= 0.3 is 11.9 Å². The van der Waals surface area contributed by atoms with Crippen LogP contribution in [0.1, 0.15) is 25.7 Å². The fraction of sp³-hybridized carbons (Fsp3) is 0.675. The second kappa shape index (κ2) is 24.0. The Bertz CT molecular complexity index is 1800. The summed E-state index contributed by atoms with van der Waals surface area (Å²) in [4.78, 5) is 33.6. The first-order valence-corrected chi connectivity index (χ1v) is 25.9. The number of rotatable bonds is 13. The summed E-state index contributed by atoms with van der Waals surface area (Å²) in [5.41, 5.74) is 6.73. The zero-order valence-electron chi connectivity index (χ0n) is 35.1. The predicted octanol–water partition coefficient (Wildman–Crippen LogP) is -0.674. The quantitative estimate of drug-likeness (QED) is 0.0207. The molecule has 64 heavy (non-hydrogen) atoms. The van der Waals surface area contributed by atoms with E-state index in [1.165, 1.54) is 19.5 Å². The fourth-order valence-corrected chi connectivity index (χ4v) is 14.2. The van der Waals surface area contributed by atoms with Crippen LogP contribution in [-0.2, 0) is 33.3 Å². The smallest absolute Gasteiger partial charge is 0.339 e. The number of nitrogens with zero attached hydrogens (tertiary/aromatic N) is 2. The molecule has 0 radical (unpaired) electrons. The molecule has 24 heteroatoms. The summed E-state index contributed by atoms with van der Waals surface area (Å²) in [6.45, 7) is -1.63. The number of hydrogen-bond acceptors (Lipinski definition) is 21. The third-order valence-corrected chi connectivity index (χ3v) is 17.2. The van der Waals surface area contributed by atoms with Crippen molar-refractivity contribution in [1.82, 2.24) is 15.5 Å². The number of guanidine groups is 1. The third-order valence-electron chi connectivity index (χ3n) is 11.7. The summed E-state index contributed by atoms with van der Waals surface area (Å²) in [6, 6.07) is -0.527. The van der Waals surface area contributed by atoms with Crippen LogP contribution in [0.25, 0.3) is 0 Å². The number of carboxylic acids is 1. The molecule has 2 fully saturated rings. The molecule has 12 atom stereocenters. The molecule has 6 rings (SSSR count). The van der Waals surface area contributed by atoms with Crippen molar-refractivity contribution in [2.45, 2.75) is 86.0 Å². The number of carboxylic acid groups (broad SMARTS) is 1. The number of aliphatic imine (C=N–C) groups is 1. The molecule has 20 nitrogen and oxygen atoms in total. The SMILES string of the molecule is CN[C@@H](CO)O[C@H]1[C@H](O[C@@H]2OC=C3C(=O)O[C@@H]4CCC[C@@H]4CSS[C@@H]4CSSCC=C[C@@H]2[C@@H]3/C=C/C2=C(NC(N)=NCCCO)C(C(=O)O)=CN(C2)[C@@H]4CO)O[C@H](CO)[C@@H](O)C1(O)O. The molecule has 0 aromatic carbocycles. The Morgan fingerprint density at radius 3 is 2.64 bits per heavy atom. The van der Waals surface area contributed by atoms with Crippen molar-refractivity contribution in [2.75, 3.05) is 63.8 Å². The Hall–Kier alpha value is -2.53. The molecule has 0 aromatic heterocycles. The van der Waals surface area contributed by atoms with Crippen LogP contribution in [0.4, 0.5) is 0 Å². The molecule has 0 unspecified atom stereocenters. The van der Waals surface area contributed by atoms with Gasteiger partial charge in [0.15, 0.2) is 18.4 Å². The maximum Gasteiger partial charge on any atom is 0.339 e. The summed E-state index contributed by atoms with van der Waals surface area (Å²) >= 11 is 0. The summed E-state index contributed by atoms with van der Waals surface area (Å²) in [6.07, 6.45) is 2.13. The number of hydrogen-bond donors (Lipinski definition) is 11. The van der Waals surface area contributed by atoms with Gasteiger partial charge in [-0.2, -0.15) is 0 Å². The van der Waals surface area contributed by atoms with Gasteiger partial charge in [0.1, 0.15) is 24.5 Å². The van der Waals surface area contributed by atoms with Crippen molar-refractivity contribution >= 4 is 61.1 Å². The second-order valence-corrected chi connectivity index (χ2v) is 21.0. The summed E-state index contributed by atoms with van der Waals surface area (Å²) in [7, 11) is 7.82. The van der Waals surface area contributed by atoms with Gasteiger partial charge in [-0.3, -0.25) is 10.3 Å². The molecular formula is C40H59N5O15S4. The van der Waals surface area contributed by atoms with Crippen LogP contribution in [0.3, 0.4) is 0 Å². The van der Waals surface area contributed by atoms with E-state index < -0.39 is 92.0 Å². The molecule has 1 aliphatic carbocycles. The zero-order valence-corrected chi connectivity index (χ0v) is 38.4. The predicted molar refractivity (Wildman–Crippen MR) is 241 cm³/mol. The number of ether oxygens (including phenoxy) is 5. The Morgan fingerprint density at radius 1 is 1.11 bits per heavy atom. The van der Waals surface area contributed by atoms with Gasteiger partial charge in [0.2, 0.25) is 12.1 Å². The summed E-state index contributed by atoms with van der Waals surface area (Å²) < 4.78 is 30.5. The molecule has 1 saturated heterocycles. The van der Waals surface area contributed by atoms with Crippen molar-refractivity contribution in [1.29, 1.82) is 0 Å². The topological polar surface area (TPSA) is 308 Å². The highest BCUT2D eigenvalue weighted by atomic mass is 33.1. The number of fused-ring (bicyclic) bond motifs is 2. The largest absolute Gasteiger partial charge is 0.478 e. The molecule has 12 N–H and O–H groups in total. The van der Waals surface area contributed by atoms with Gasteiger partial charge in [-0.15, -0.1) is 0 Å². The summed E-state index contributed by atoms with van der Waals surface area (Å²) in [5.74, 6) is -5.21. The number of aliphatic hydroxyl groups excluding tert-OH is 5. The van der Waals surface area contributed by atoms with Crippen molar-refractivity contribution in [2.24, 2.45) is 28.5 Å². The van der Waals surface area contributed by atoms with Crippen LogP contribution in [0.5, 0.6) is 0 Å². The van der Waals surface area contributed by atoms with Gasteiger partial charge in [-0.25, -0.2) is 9.59 Å². The minimum absolute atomic E-state index is 0.0418. The van der Waals surface area contributed by atoms with E-state index in [1.54, 1.807) is 61.4 Å². The molecule has 0 aromatic rings. The number of nitrogens with two attached hydrogens (primary N) is 1. The first-order valence-electron chi connectivity index (χ1n) is 21.0. The van der Waals surface area contributed by atoms with Gasteiger partial charge in [-0.1, -0.05) is 67.5 Å². The van der Waals surface area contributed by atoms with E-state index >= 15 is 0 Å². The average Bonchev–Trinajstić information content (AvgIpc) is 3.71. The molecule has 0 amide bonds. The molecule has 1 saturated carbocycles. The zero-order chi connectivity index (χ0) is 46.0. The lowest BCUT2D eigenvalue weighted by atomic mass is 9.82. The second-order valence-electron chi connectivity index (χ2n) is 15.8. The van der Waals surface area contributed by atoms with Crippen molar-refractivity contribution in [3.05, 3.63) is 59.2 Å².